The summed E-state index contributed by atoms with van der Waals surface area (Å²) in [5.41, 5.74) is 1.38. The Morgan fingerprint density at radius 1 is 1.47 bits per heavy atom. The first-order chi connectivity index (χ1) is 8.31. The Bertz CT molecular complexity index is 494. The molecule has 0 spiro atoms. The lowest BCUT2D eigenvalue weighted by molar-refractivity contribution is 0.0947. The van der Waals surface area contributed by atoms with E-state index in [-0.39, 0.29) is 5.91 Å². The molecule has 0 unspecified atom stereocenters. The zero-order chi connectivity index (χ0) is 12.1. The number of nitrogens with zero attached hydrogens (tertiary/aromatic N) is 1. The van der Waals surface area contributed by atoms with Gasteiger partial charge in [0.25, 0.3) is 5.91 Å². The number of carbonyl (C=O) groups excluding carboxylic acids is 1. The van der Waals surface area contributed by atoms with Crippen molar-refractivity contribution in [2.45, 2.75) is 6.54 Å². The van der Waals surface area contributed by atoms with Crippen LogP contribution >= 0.6 is 0 Å². The lowest BCUT2D eigenvalue weighted by atomic mass is 10.2. The van der Waals surface area contributed by atoms with Gasteiger partial charge in [-0.25, -0.2) is 4.98 Å². The molecule has 0 aliphatic heterocycles. The molecule has 1 amide bonds. The molecule has 17 heavy (non-hydrogen) atoms. The van der Waals surface area contributed by atoms with Crippen LogP contribution in [0.2, 0.25) is 0 Å². The van der Waals surface area contributed by atoms with Gasteiger partial charge in [0, 0.05) is 6.20 Å². The van der Waals surface area contributed by atoms with E-state index >= 15 is 0 Å². The number of ether oxygens (including phenoxy) is 1. The molecule has 2 N–H and O–H groups in total. The molecule has 1 aromatic carbocycles. The van der Waals surface area contributed by atoms with E-state index in [1.54, 1.807) is 37.8 Å². The second-order valence-electron chi connectivity index (χ2n) is 3.46. The molecule has 5 nitrogen and oxygen atoms in total. The van der Waals surface area contributed by atoms with E-state index in [1.165, 1.54) is 0 Å². The first kappa shape index (κ1) is 11.2. The Hall–Kier alpha value is -2.30. The minimum atomic E-state index is -0.169. The largest absolute Gasteiger partial charge is 0.496 e. The van der Waals surface area contributed by atoms with Gasteiger partial charge in [0.05, 0.1) is 31.2 Å². The topological polar surface area (TPSA) is 67.0 Å². The fraction of sp³-hybridized carbons (Fsp3) is 0.167. The summed E-state index contributed by atoms with van der Waals surface area (Å²) in [6.45, 7) is 0.414. The van der Waals surface area contributed by atoms with Gasteiger partial charge >= 0.3 is 0 Å². The van der Waals surface area contributed by atoms with Gasteiger partial charge in [-0.15, -0.1) is 0 Å². The Balaban J connectivity index is 2.04. The molecule has 0 saturated heterocycles. The summed E-state index contributed by atoms with van der Waals surface area (Å²) in [6, 6.07) is 7.10. The molecule has 0 radical (unpaired) electrons. The van der Waals surface area contributed by atoms with Crippen LogP contribution in [0.5, 0.6) is 5.75 Å². The number of hydrogen-bond acceptors (Lipinski definition) is 3. The average molecular weight is 231 g/mol. The maximum atomic E-state index is 11.9. The number of benzene rings is 1. The number of H-pyrrole nitrogens is 1. The maximum absolute atomic E-state index is 11.9. The summed E-state index contributed by atoms with van der Waals surface area (Å²) >= 11 is 0. The third-order valence-electron chi connectivity index (χ3n) is 2.35. The van der Waals surface area contributed by atoms with Crippen molar-refractivity contribution in [1.29, 1.82) is 0 Å². The number of nitrogens with one attached hydrogen (secondary N) is 2. The van der Waals surface area contributed by atoms with Gasteiger partial charge in [0.15, 0.2) is 0 Å². The molecule has 0 aliphatic carbocycles. The van der Waals surface area contributed by atoms with E-state index in [0.717, 1.165) is 5.69 Å². The lowest BCUT2D eigenvalue weighted by Gasteiger charge is -2.08. The molecule has 2 rings (SSSR count). The van der Waals surface area contributed by atoms with Crippen LogP contribution < -0.4 is 10.1 Å². The second kappa shape index (κ2) is 5.16. The van der Waals surface area contributed by atoms with Crippen LogP contribution in [0.1, 0.15) is 16.1 Å². The molecular weight excluding hydrogens is 218 g/mol. The highest BCUT2D eigenvalue weighted by Crippen LogP contribution is 2.16. The summed E-state index contributed by atoms with van der Waals surface area (Å²) in [7, 11) is 1.54. The summed E-state index contributed by atoms with van der Waals surface area (Å²) < 4.78 is 5.12. The zero-order valence-electron chi connectivity index (χ0n) is 9.43. The van der Waals surface area contributed by atoms with E-state index in [2.05, 4.69) is 15.3 Å². The molecule has 0 saturated carbocycles. The van der Waals surface area contributed by atoms with E-state index in [9.17, 15) is 4.79 Å². The Morgan fingerprint density at radius 2 is 2.29 bits per heavy atom. The number of hydrogen-bond donors (Lipinski definition) is 2. The number of aromatic amines is 1. The van der Waals surface area contributed by atoms with Crippen molar-refractivity contribution in [2.75, 3.05) is 7.11 Å². The molecule has 0 bridgehead atoms. The van der Waals surface area contributed by atoms with Gasteiger partial charge in [-0.05, 0) is 12.1 Å². The number of para-hydroxylation sites is 1. The van der Waals surface area contributed by atoms with Gasteiger partial charge in [-0.1, -0.05) is 12.1 Å². The summed E-state index contributed by atoms with van der Waals surface area (Å²) in [6.07, 6.45) is 3.24. The zero-order valence-corrected chi connectivity index (χ0v) is 9.43. The maximum Gasteiger partial charge on any atom is 0.255 e. The number of aromatic nitrogens is 2. The van der Waals surface area contributed by atoms with Gasteiger partial charge < -0.3 is 15.0 Å². The summed E-state index contributed by atoms with van der Waals surface area (Å²) in [5.74, 6) is 0.395. The number of rotatable bonds is 4. The van der Waals surface area contributed by atoms with E-state index < -0.39 is 0 Å². The van der Waals surface area contributed by atoms with Gasteiger partial charge in [-0.2, -0.15) is 0 Å². The number of imidazole rings is 1. The van der Waals surface area contributed by atoms with Crippen LogP contribution in [-0.2, 0) is 6.54 Å². The van der Waals surface area contributed by atoms with Gasteiger partial charge in [0.1, 0.15) is 5.75 Å². The monoisotopic (exact) mass is 231 g/mol. The van der Waals surface area contributed by atoms with E-state index in [0.29, 0.717) is 17.9 Å². The SMILES string of the molecule is COc1ccccc1C(=O)NCc1cnc[nH]1. The lowest BCUT2D eigenvalue weighted by Crippen LogP contribution is -2.23. The summed E-state index contributed by atoms with van der Waals surface area (Å²) in [5, 5.41) is 2.79. The summed E-state index contributed by atoms with van der Waals surface area (Å²) in [4.78, 5) is 18.7. The molecule has 0 atom stereocenters. The van der Waals surface area contributed by atoms with E-state index in [1.807, 2.05) is 6.07 Å². The van der Waals surface area contributed by atoms with Crippen LogP contribution in [0.4, 0.5) is 0 Å². The Kier molecular flexibility index (Phi) is 3.40. The van der Waals surface area contributed by atoms with Crippen LogP contribution in [-0.4, -0.2) is 23.0 Å². The van der Waals surface area contributed by atoms with Crippen molar-refractivity contribution in [2.24, 2.45) is 0 Å². The molecule has 88 valence electrons. The highest BCUT2D eigenvalue weighted by Gasteiger charge is 2.10. The van der Waals surface area contributed by atoms with Crippen LogP contribution in [0.15, 0.2) is 36.8 Å². The van der Waals surface area contributed by atoms with Crippen LogP contribution in [0, 0.1) is 0 Å². The van der Waals surface area contributed by atoms with E-state index in [4.69, 9.17) is 4.74 Å². The van der Waals surface area contributed by atoms with Crippen molar-refractivity contribution in [3.63, 3.8) is 0 Å². The minimum absolute atomic E-state index is 0.169. The predicted molar refractivity (Wildman–Crippen MR) is 62.8 cm³/mol. The van der Waals surface area contributed by atoms with Crippen LogP contribution in [0.3, 0.4) is 0 Å². The molecule has 5 heteroatoms. The van der Waals surface area contributed by atoms with Crippen molar-refractivity contribution < 1.29 is 9.53 Å². The molecule has 0 fully saturated rings. The van der Waals surface area contributed by atoms with Crippen molar-refractivity contribution in [3.8, 4) is 5.75 Å². The quantitative estimate of drug-likeness (QED) is 0.834. The van der Waals surface area contributed by atoms with Gasteiger partial charge in [0.2, 0.25) is 0 Å². The van der Waals surface area contributed by atoms with Crippen molar-refractivity contribution >= 4 is 5.91 Å². The third kappa shape index (κ3) is 2.63. The number of methoxy groups -OCH3 is 1. The second-order valence-corrected chi connectivity index (χ2v) is 3.46. The molecular formula is C12H13N3O2. The van der Waals surface area contributed by atoms with Gasteiger partial charge in [-0.3, -0.25) is 4.79 Å². The highest BCUT2D eigenvalue weighted by molar-refractivity contribution is 5.96. The molecule has 1 aromatic heterocycles. The Morgan fingerprint density at radius 3 is 3.00 bits per heavy atom. The first-order valence-electron chi connectivity index (χ1n) is 5.19. The average Bonchev–Trinajstić information content (AvgIpc) is 2.89. The third-order valence-corrected chi connectivity index (χ3v) is 2.35. The Labute approximate surface area is 98.8 Å². The highest BCUT2D eigenvalue weighted by atomic mass is 16.5. The number of amides is 1. The molecule has 0 aliphatic rings. The smallest absolute Gasteiger partial charge is 0.255 e. The molecule has 2 aromatic rings. The number of carbonyl (C=O) groups is 1. The fourth-order valence-corrected chi connectivity index (χ4v) is 1.48. The normalized spacial score (nSPS) is 9.94. The predicted octanol–water partition coefficient (Wildman–Crippen LogP) is 1.35. The van der Waals surface area contributed by atoms with Crippen molar-refractivity contribution in [1.82, 2.24) is 15.3 Å². The standard InChI is InChI=1S/C12H13N3O2/c1-17-11-5-3-2-4-10(11)12(16)14-7-9-6-13-8-15-9/h2-6,8H,7H2,1H3,(H,13,15)(H,14,16). The van der Waals surface area contributed by atoms with Crippen molar-refractivity contribution in [3.05, 3.63) is 48.0 Å². The fourth-order valence-electron chi connectivity index (χ4n) is 1.48. The minimum Gasteiger partial charge on any atom is -0.496 e. The van der Waals surface area contributed by atoms with Crippen LogP contribution in [0.25, 0.3) is 0 Å². The first-order valence-corrected chi connectivity index (χ1v) is 5.19. The molecule has 1 heterocycles.